The molecule has 0 spiro atoms. The van der Waals surface area contributed by atoms with Crippen molar-refractivity contribution in [3.8, 4) is 22.1 Å². The van der Waals surface area contributed by atoms with E-state index in [0.29, 0.717) is 11.3 Å². The molecule has 0 bridgehead atoms. The molecule has 1 heterocycles. The first kappa shape index (κ1) is 19.6. The van der Waals surface area contributed by atoms with Gasteiger partial charge in [0.2, 0.25) is 0 Å². The van der Waals surface area contributed by atoms with E-state index in [1.807, 2.05) is 30.5 Å². The highest BCUT2D eigenvalue weighted by Gasteiger charge is 2.16. The van der Waals surface area contributed by atoms with Gasteiger partial charge < -0.3 is 14.2 Å². The van der Waals surface area contributed by atoms with Crippen LogP contribution in [0.25, 0.3) is 10.6 Å². The van der Waals surface area contributed by atoms with Gasteiger partial charge in [0.15, 0.2) is 11.5 Å². The molecule has 7 heteroatoms. The second kappa shape index (κ2) is 8.67. The Kier molecular flexibility index (Phi) is 6.06. The Hall–Kier alpha value is -3.19. The van der Waals surface area contributed by atoms with Crippen LogP contribution in [-0.2, 0) is 16.0 Å². The standard InChI is InChI=1S/C21H19NO5S/c1-13-5-4-6-14(9-13)20-22-16(12-28-20)11-19(23)27-17-8-7-15(21(24)26-3)10-18(17)25-2/h4-10,12H,11H2,1-3H3. The van der Waals surface area contributed by atoms with Crippen molar-refractivity contribution in [3.63, 3.8) is 0 Å². The van der Waals surface area contributed by atoms with Crippen LogP contribution in [0.2, 0.25) is 0 Å². The normalized spacial score (nSPS) is 10.4. The van der Waals surface area contributed by atoms with Gasteiger partial charge in [-0.05, 0) is 31.2 Å². The lowest BCUT2D eigenvalue weighted by molar-refractivity contribution is -0.133. The fourth-order valence-corrected chi connectivity index (χ4v) is 3.42. The molecule has 3 rings (SSSR count). The predicted octanol–water partition coefficient (Wildman–Crippen LogP) is 4.06. The summed E-state index contributed by atoms with van der Waals surface area (Å²) in [5, 5.41) is 2.70. The molecule has 0 radical (unpaired) electrons. The van der Waals surface area contributed by atoms with Crippen LogP contribution in [0.5, 0.6) is 11.5 Å². The van der Waals surface area contributed by atoms with Crippen molar-refractivity contribution in [3.05, 3.63) is 64.7 Å². The van der Waals surface area contributed by atoms with E-state index >= 15 is 0 Å². The molecular formula is C21H19NO5S. The van der Waals surface area contributed by atoms with E-state index in [1.54, 1.807) is 0 Å². The number of aryl methyl sites for hydroxylation is 1. The number of carbonyl (C=O) groups excluding carboxylic acids is 2. The van der Waals surface area contributed by atoms with E-state index in [9.17, 15) is 9.59 Å². The van der Waals surface area contributed by atoms with Gasteiger partial charge in [-0.3, -0.25) is 4.79 Å². The van der Waals surface area contributed by atoms with Gasteiger partial charge in [0.1, 0.15) is 5.01 Å². The number of esters is 2. The number of aromatic nitrogens is 1. The minimum Gasteiger partial charge on any atom is -0.493 e. The van der Waals surface area contributed by atoms with Gasteiger partial charge in [0, 0.05) is 10.9 Å². The Labute approximate surface area is 166 Å². The Morgan fingerprint density at radius 1 is 1.07 bits per heavy atom. The van der Waals surface area contributed by atoms with E-state index in [-0.39, 0.29) is 17.9 Å². The second-order valence-electron chi connectivity index (χ2n) is 6.02. The van der Waals surface area contributed by atoms with Gasteiger partial charge in [0.25, 0.3) is 0 Å². The predicted molar refractivity (Wildman–Crippen MR) is 106 cm³/mol. The quantitative estimate of drug-likeness (QED) is 0.461. The van der Waals surface area contributed by atoms with Gasteiger partial charge in [-0.15, -0.1) is 11.3 Å². The van der Waals surface area contributed by atoms with Gasteiger partial charge in [0.05, 0.1) is 31.9 Å². The van der Waals surface area contributed by atoms with Crippen molar-refractivity contribution in [2.45, 2.75) is 13.3 Å². The first-order valence-corrected chi connectivity index (χ1v) is 9.36. The molecule has 0 N–H and O–H groups in total. The lowest BCUT2D eigenvalue weighted by Gasteiger charge is -2.10. The highest BCUT2D eigenvalue weighted by atomic mass is 32.1. The topological polar surface area (TPSA) is 74.7 Å². The Bertz CT molecular complexity index is 1010. The van der Waals surface area contributed by atoms with Gasteiger partial charge >= 0.3 is 11.9 Å². The van der Waals surface area contributed by atoms with Crippen molar-refractivity contribution in [2.24, 2.45) is 0 Å². The minimum absolute atomic E-state index is 0.0320. The molecule has 6 nitrogen and oxygen atoms in total. The SMILES string of the molecule is COC(=O)c1ccc(OC(=O)Cc2csc(-c3cccc(C)c3)n2)c(OC)c1. The van der Waals surface area contributed by atoms with Crippen molar-refractivity contribution >= 4 is 23.3 Å². The van der Waals surface area contributed by atoms with E-state index in [4.69, 9.17) is 9.47 Å². The maximum absolute atomic E-state index is 12.3. The first-order chi connectivity index (χ1) is 13.5. The molecule has 0 saturated carbocycles. The monoisotopic (exact) mass is 397 g/mol. The average Bonchev–Trinajstić information content (AvgIpc) is 3.16. The lowest BCUT2D eigenvalue weighted by atomic mass is 10.1. The molecule has 0 unspecified atom stereocenters. The highest BCUT2D eigenvalue weighted by molar-refractivity contribution is 7.13. The van der Waals surface area contributed by atoms with Crippen LogP contribution < -0.4 is 9.47 Å². The highest BCUT2D eigenvalue weighted by Crippen LogP contribution is 2.29. The summed E-state index contributed by atoms with van der Waals surface area (Å²) < 4.78 is 15.3. The van der Waals surface area contributed by atoms with E-state index < -0.39 is 11.9 Å². The molecule has 28 heavy (non-hydrogen) atoms. The second-order valence-corrected chi connectivity index (χ2v) is 6.88. The number of benzene rings is 2. The molecular weight excluding hydrogens is 378 g/mol. The number of hydrogen-bond acceptors (Lipinski definition) is 7. The molecule has 0 atom stereocenters. The number of thiazole rings is 1. The van der Waals surface area contributed by atoms with Crippen LogP contribution in [0.1, 0.15) is 21.6 Å². The summed E-state index contributed by atoms with van der Waals surface area (Å²) in [5.74, 6) is -0.461. The third-order valence-corrected chi connectivity index (χ3v) is 4.89. The van der Waals surface area contributed by atoms with Crippen LogP contribution in [0.3, 0.4) is 0 Å². The maximum atomic E-state index is 12.3. The Balaban J connectivity index is 1.70. The molecule has 0 aliphatic heterocycles. The minimum atomic E-state index is -0.498. The van der Waals surface area contributed by atoms with Crippen molar-refractivity contribution in [2.75, 3.05) is 14.2 Å². The summed E-state index contributed by atoms with van der Waals surface area (Å²) in [7, 11) is 2.73. The third kappa shape index (κ3) is 4.55. The van der Waals surface area contributed by atoms with E-state index in [2.05, 4.69) is 15.8 Å². The van der Waals surface area contributed by atoms with Crippen LogP contribution in [0, 0.1) is 6.92 Å². The van der Waals surface area contributed by atoms with E-state index in [1.165, 1.54) is 43.8 Å². The van der Waals surface area contributed by atoms with Crippen LogP contribution >= 0.6 is 11.3 Å². The first-order valence-electron chi connectivity index (χ1n) is 8.48. The molecule has 0 saturated heterocycles. The molecule has 0 fully saturated rings. The zero-order chi connectivity index (χ0) is 20.1. The van der Waals surface area contributed by atoms with Gasteiger partial charge in [-0.25, -0.2) is 9.78 Å². The summed E-state index contributed by atoms with van der Waals surface area (Å²) in [6.07, 6.45) is 0.0320. The smallest absolute Gasteiger partial charge is 0.337 e. The van der Waals surface area contributed by atoms with E-state index in [0.717, 1.165) is 16.1 Å². The van der Waals surface area contributed by atoms with Gasteiger partial charge in [-0.1, -0.05) is 23.8 Å². The largest absolute Gasteiger partial charge is 0.493 e. The molecule has 144 valence electrons. The van der Waals surface area contributed by atoms with Crippen molar-refractivity contribution in [1.29, 1.82) is 0 Å². The summed E-state index contributed by atoms with van der Waals surface area (Å²) in [6, 6.07) is 12.5. The van der Waals surface area contributed by atoms with Crippen LogP contribution in [0.4, 0.5) is 0 Å². The number of methoxy groups -OCH3 is 2. The fourth-order valence-electron chi connectivity index (χ4n) is 2.60. The zero-order valence-corrected chi connectivity index (χ0v) is 16.5. The third-order valence-electron chi connectivity index (χ3n) is 3.95. The number of hydrogen-bond donors (Lipinski definition) is 0. The summed E-state index contributed by atoms with van der Waals surface area (Å²) >= 11 is 1.48. The molecule has 1 aromatic heterocycles. The average molecular weight is 397 g/mol. The Morgan fingerprint density at radius 3 is 2.61 bits per heavy atom. The molecule has 0 aliphatic rings. The van der Waals surface area contributed by atoms with Gasteiger partial charge in [-0.2, -0.15) is 0 Å². The summed E-state index contributed by atoms with van der Waals surface area (Å²) in [4.78, 5) is 28.4. The Morgan fingerprint density at radius 2 is 1.89 bits per heavy atom. The van der Waals surface area contributed by atoms with Crippen molar-refractivity contribution in [1.82, 2.24) is 4.98 Å². The fraction of sp³-hybridized carbons (Fsp3) is 0.190. The molecule has 0 amide bonds. The zero-order valence-electron chi connectivity index (χ0n) is 15.7. The lowest BCUT2D eigenvalue weighted by Crippen LogP contribution is -2.12. The molecule has 0 aliphatic carbocycles. The number of rotatable bonds is 6. The molecule has 2 aromatic carbocycles. The number of nitrogens with zero attached hydrogens (tertiary/aromatic N) is 1. The van der Waals surface area contributed by atoms with Crippen LogP contribution in [-0.4, -0.2) is 31.1 Å². The van der Waals surface area contributed by atoms with Crippen molar-refractivity contribution < 1.29 is 23.8 Å². The molecule has 3 aromatic rings. The number of ether oxygens (including phenoxy) is 3. The summed E-state index contributed by atoms with van der Waals surface area (Å²) in [5.41, 5.74) is 3.11. The maximum Gasteiger partial charge on any atom is 0.337 e. The van der Waals surface area contributed by atoms with Crippen LogP contribution in [0.15, 0.2) is 47.8 Å². The summed E-state index contributed by atoms with van der Waals surface area (Å²) in [6.45, 7) is 2.02. The number of carbonyl (C=O) groups is 2.